The molecule has 0 radical (unpaired) electrons. The minimum absolute atomic E-state index is 0.0447. The highest BCUT2D eigenvalue weighted by molar-refractivity contribution is 7.90. The molecule has 4 rings (SSSR count). The van der Waals surface area contributed by atoms with E-state index in [0.717, 1.165) is 9.87 Å². The van der Waals surface area contributed by atoms with Gasteiger partial charge in [0.1, 0.15) is 4.90 Å². The third-order valence-corrected chi connectivity index (χ3v) is 6.04. The molecule has 2 aromatic rings. The van der Waals surface area contributed by atoms with E-state index in [4.69, 9.17) is 0 Å². The topological polar surface area (TPSA) is 66.5 Å². The van der Waals surface area contributed by atoms with Crippen molar-refractivity contribution in [3.8, 4) is 0 Å². The number of hydrogen-bond donors (Lipinski definition) is 1. The molecule has 1 aliphatic carbocycles. The van der Waals surface area contributed by atoms with Crippen LogP contribution in [-0.4, -0.2) is 18.8 Å². The van der Waals surface area contributed by atoms with Gasteiger partial charge in [0.2, 0.25) is 0 Å². The molecule has 0 bridgehead atoms. The van der Waals surface area contributed by atoms with E-state index in [-0.39, 0.29) is 11.4 Å². The summed E-state index contributed by atoms with van der Waals surface area (Å²) >= 11 is 0. The molecule has 1 saturated carbocycles. The van der Waals surface area contributed by atoms with E-state index < -0.39 is 16.1 Å². The van der Waals surface area contributed by atoms with Gasteiger partial charge < -0.3 is 5.32 Å². The summed E-state index contributed by atoms with van der Waals surface area (Å²) in [5, 5.41) is 2.64. The molecule has 0 saturated heterocycles. The monoisotopic (exact) mass is 328 g/mol. The molecule has 2 aromatic carbocycles. The van der Waals surface area contributed by atoms with Crippen molar-refractivity contribution in [2.45, 2.75) is 30.2 Å². The molecule has 1 heterocycles. The first kappa shape index (κ1) is 14.3. The van der Waals surface area contributed by atoms with Crippen LogP contribution in [0, 0.1) is 0 Å². The second kappa shape index (κ2) is 5.09. The summed E-state index contributed by atoms with van der Waals surface area (Å²) in [6.07, 6.45) is 2.36. The van der Waals surface area contributed by atoms with E-state index in [1.807, 2.05) is 18.2 Å². The van der Waals surface area contributed by atoms with Gasteiger partial charge in [0, 0.05) is 0 Å². The summed E-state index contributed by atoms with van der Waals surface area (Å²) in [7, 11) is -3.83. The molecule has 1 N–H and O–H groups in total. The fourth-order valence-corrected chi connectivity index (χ4v) is 4.35. The molecule has 0 aromatic heterocycles. The first-order chi connectivity index (χ1) is 11.1. The van der Waals surface area contributed by atoms with Crippen molar-refractivity contribution in [2.24, 2.45) is 0 Å². The Labute approximate surface area is 135 Å². The SMILES string of the molecule is O=C1Nc2ccccc2S(=O)(=O)N1Cc1cccc(C2CC2)c1. The Balaban J connectivity index is 1.69. The van der Waals surface area contributed by atoms with Crippen molar-refractivity contribution in [1.82, 2.24) is 4.31 Å². The number of hydrogen-bond acceptors (Lipinski definition) is 3. The van der Waals surface area contributed by atoms with Gasteiger partial charge in [0.15, 0.2) is 0 Å². The third-order valence-electron chi connectivity index (χ3n) is 4.25. The average molecular weight is 328 g/mol. The summed E-state index contributed by atoms with van der Waals surface area (Å²) in [5.74, 6) is 0.586. The van der Waals surface area contributed by atoms with Gasteiger partial charge >= 0.3 is 6.03 Å². The van der Waals surface area contributed by atoms with Gasteiger partial charge in [-0.15, -0.1) is 0 Å². The second-order valence-electron chi connectivity index (χ2n) is 5.96. The molecule has 2 aliphatic rings. The normalized spacial score (nSPS) is 19.1. The first-order valence-electron chi connectivity index (χ1n) is 7.57. The van der Waals surface area contributed by atoms with Gasteiger partial charge in [-0.3, -0.25) is 0 Å². The average Bonchev–Trinajstić information content (AvgIpc) is 3.37. The van der Waals surface area contributed by atoms with E-state index in [2.05, 4.69) is 11.4 Å². The van der Waals surface area contributed by atoms with E-state index in [9.17, 15) is 13.2 Å². The zero-order valence-electron chi connectivity index (χ0n) is 12.4. The predicted molar refractivity (Wildman–Crippen MR) is 86.6 cm³/mol. The van der Waals surface area contributed by atoms with Crippen LogP contribution in [0.3, 0.4) is 0 Å². The summed E-state index contributed by atoms with van der Waals surface area (Å²) in [6.45, 7) is 0.0447. The lowest BCUT2D eigenvalue weighted by atomic mass is 10.1. The Morgan fingerprint density at radius 1 is 1.09 bits per heavy atom. The quantitative estimate of drug-likeness (QED) is 0.940. The fourth-order valence-electron chi connectivity index (χ4n) is 2.88. The van der Waals surface area contributed by atoms with Crippen LogP contribution < -0.4 is 5.32 Å². The van der Waals surface area contributed by atoms with Crippen molar-refractivity contribution in [1.29, 1.82) is 0 Å². The van der Waals surface area contributed by atoms with Crippen molar-refractivity contribution in [3.63, 3.8) is 0 Å². The number of amides is 2. The summed E-state index contributed by atoms with van der Waals surface area (Å²) in [6, 6.07) is 13.7. The van der Waals surface area contributed by atoms with Crippen molar-refractivity contribution in [3.05, 3.63) is 59.7 Å². The number of nitrogens with one attached hydrogen (secondary N) is 1. The summed E-state index contributed by atoms with van der Waals surface area (Å²) < 4.78 is 26.3. The van der Waals surface area contributed by atoms with Gasteiger partial charge in [-0.25, -0.2) is 17.5 Å². The molecule has 5 nitrogen and oxygen atoms in total. The Bertz CT molecular complexity index is 888. The maximum atomic E-state index is 12.7. The lowest BCUT2D eigenvalue weighted by Crippen LogP contribution is -2.43. The maximum absolute atomic E-state index is 12.7. The minimum Gasteiger partial charge on any atom is -0.306 e. The van der Waals surface area contributed by atoms with Gasteiger partial charge in [-0.05, 0) is 42.0 Å². The third kappa shape index (κ3) is 2.49. The van der Waals surface area contributed by atoms with Crippen LogP contribution in [0.5, 0.6) is 0 Å². The molecule has 0 spiro atoms. The molecule has 2 amide bonds. The Morgan fingerprint density at radius 2 is 1.87 bits per heavy atom. The molecular formula is C17H16N2O3S. The summed E-state index contributed by atoms with van der Waals surface area (Å²) in [5.41, 5.74) is 2.38. The van der Waals surface area contributed by atoms with Crippen LogP contribution in [0.4, 0.5) is 10.5 Å². The number of fused-ring (bicyclic) bond motifs is 1. The maximum Gasteiger partial charge on any atom is 0.336 e. The zero-order valence-corrected chi connectivity index (χ0v) is 13.2. The molecule has 118 valence electrons. The number of nitrogens with zero attached hydrogens (tertiary/aromatic N) is 1. The van der Waals surface area contributed by atoms with E-state index >= 15 is 0 Å². The predicted octanol–water partition coefficient (Wildman–Crippen LogP) is 3.30. The Morgan fingerprint density at radius 3 is 2.65 bits per heavy atom. The van der Waals surface area contributed by atoms with E-state index in [1.54, 1.807) is 18.2 Å². The molecule has 1 aliphatic heterocycles. The smallest absolute Gasteiger partial charge is 0.306 e. The van der Waals surface area contributed by atoms with Gasteiger partial charge in [0.05, 0.1) is 12.2 Å². The highest BCUT2D eigenvalue weighted by Crippen LogP contribution is 2.40. The molecule has 23 heavy (non-hydrogen) atoms. The van der Waals surface area contributed by atoms with Crippen LogP contribution in [0.15, 0.2) is 53.4 Å². The number of para-hydroxylation sites is 1. The van der Waals surface area contributed by atoms with Crippen molar-refractivity contribution >= 4 is 21.7 Å². The Hall–Kier alpha value is -2.34. The number of sulfonamides is 1. The van der Waals surface area contributed by atoms with Crippen LogP contribution in [-0.2, 0) is 16.6 Å². The number of anilines is 1. The highest BCUT2D eigenvalue weighted by Gasteiger charge is 2.36. The van der Waals surface area contributed by atoms with E-state index in [0.29, 0.717) is 11.6 Å². The number of carbonyl (C=O) groups is 1. The second-order valence-corrected chi connectivity index (χ2v) is 7.79. The van der Waals surface area contributed by atoms with Crippen molar-refractivity contribution < 1.29 is 13.2 Å². The Kier molecular flexibility index (Phi) is 3.16. The van der Waals surface area contributed by atoms with Crippen molar-refractivity contribution in [2.75, 3.05) is 5.32 Å². The van der Waals surface area contributed by atoms with Gasteiger partial charge in [0.25, 0.3) is 10.0 Å². The largest absolute Gasteiger partial charge is 0.336 e. The molecule has 0 atom stereocenters. The lowest BCUT2D eigenvalue weighted by Gasteiger charge is -2.28. The standard InChI is InChI=1S/C17H16N2O3S/c20-17-18-15-6-1-2-7-16(15)23(21,22)19(17)11-12-4-3-5-14(10-12)13-8-9-13/h1-7,10,13H,8-9,11H2,(H,18,20). The lowest BCUT2D eigenvalue weighted by molar-refractivity contribution is 0.233. The summed E-state index contributed by atoms with van der Waals surface area (Å²) in [4.78, 5) is 12.4. The minimum atomic E-state index is -3.83. The van der Waals surface area contributed by atoms with E-state index in [1.165, 1.54) is 24.5 Å². The van der Waals surface area contributed by atoms with Crippen LogP contribution in [0.1, 0.15) is 29.9 Å². The molecule has 1 fully saturated rings. The molecule has 6 heteroatoms. The highest BCUT2D eigenvalue weighted by atomic mass is 32.2. The molecule has 0 unspecified atom stereocenters. The molecular weight excluding hydrogens is 312 g/mol. The number of carbonyl (C=O) groups excluding carboxylic acids is 1. The number of rotatable bonds is 3. The zero-order chi connectivity index (χ0) is 16.0. The fraction of sp³-hybridized carbons (Fsp3) is 0.235. The van der Waals surface area contributed by atoms with Gasteiger partial charge in [-0.2, -0.15) is 0 Å². The number of urea groups is 1. The van der Waals surface area contributed by atoms with Crippen LogP contribution in [0.25, 0.3) is 0 Å². The first-order valence-corrected chi connectivity index (χ1v) is 9.01. The van der Waals surface area contributed by atoms with Gasteiger partial charge in [-0.1, -0.05) is 36.4 Å². The number of benzene rings is 2. The van der Waals surface area contributed by atoms with Crippen LogP contribution >= 0.6 is 0 Å². The van der Waals surface area contributed by atoms with Crippen LogP contribution in [0.2, 0.25) is 0 Å².